The van der Waals surface area contributed by atoms with Gasteiger partial charge in [0.2, 0.25) is 0 Å². The van der Waals surface area contributed by atoms with E-state index >= 15 is 0 Å². The smallest absolute Gasteiger partial charge is 0.306 e. The molecule has 5 nitrogen and oxygen atoms in total. The molecule has 2 atom stereocenters. The van der Waals surface area contributed by atoms with E-state index in [9.17, 15) is 9.59 Å². The molecule has 0 aromatic rings. The topological polar surface area (TPSA) is 55.8 Å². The van der Waals surface area contributed by atoms with E-state index in [1.54, 1.807) is 0 Å². The van der Waals surface area contributed by atoms with Crippen LogP contribution in [0.2, 0.25) is 0 Å². The second kappa shape index (κ2) is 35.2. The van der Waals surface area contributed by atoms with E-state index in [4.69, 9.17) is 9.47 Å². The van der Waals surface area contributed by atoms with Gasteiger partial charge in [0, 0.05) is 12.8 Å². The van der Waals surface area contributed by atoms with Crippen molar-refractivity contribution in [2.45, 2.75) is 220 Å². The first-order valence-electron chi connectivity index (χ1n) is 20.5. The van der Waals surface area contributed by atoms with Crippen LogP contribution in [0.5, 0.6) is 0 Å². The van der Waals surface area contributed by atoms with Gasteiger partial charge in [0.25, 0.3) is 0 Å². The van der Waals surface area contributed by atoms with Gasteiger partial charge >= 0.3 is 11.9 Å². The minimum Gasteiger partial charge on any atom is -0.465 e. The van der Waals surface area contributed by atoms with Crippen molar-refractivity contribution in [3.63, 3.8) is 0 Å². The number of ether oxygens (including phenoxy) is 2. The standard InChI is InChI=1S/C41H81NO4/c1-6-10-13-15-16-17-20-24-31-39(46-41(44)34-27-28-36-42(5)35-9-4)32-25-21-18-19-22-26-33-40(43)45-37-38(29-12-8-3)30-23-14-11-7-2/h38-39H,6-37H2,1-5H3. The lowest BCUT2D eigenvalue weighted by Gasteiger charge is -2.19. The number of hydrogen-bond donors (Lipinski definition) is 0. The molecule has 0 aromatic carbocycles. The van der Waals surface area contributed by atoms with Crippen molar-refractivity contribution in [1.29, 1.82) is 0 Å². The molecule has 2 unspecified atom stereocenters. The summed E-state index contributed by atoms with van der Waals surface area (Å²) in [6, 6.07) is 0. The van der Waals surface area contributed by atoms with Crippen LogP contribution in [0, 0.1) is 5.92 Å². The fourth-order valence-electron chi connectivity index (χ4n) is 6.45. The Morgan fingerprint density at radius 1 is 0.478 bits per heavy atom. The minimum atomic E-state index is -0.00588. The van der Waals surface area contributed by atoms with Crippen molar-refractivity contribution >= 4 is 11.9 Å². The average molecular weight is 652 g/mol. The molecule has 0 saturated carbocycles. The first-order valence-corrected chi connectivity index (χ1v) is 20.5. The van der Waals surface area contributed by atoms with Crippen LogP contribution in [0.1, 0.15) is 214 Å². The van der Waals surface area contributed by atoms with E-state index in [2.05, 4.69) is 39.6 Å². The van der Waals surface area contributed by atoms with Crippen LogP contribution < -0.4 is 0 Å². The molecule has 0 amide bonds. The molecule has 0 N–H and O–H groups in total. The number of rotatable bonds is 36. The van der Waals surface area contributed by atoms with Crippen molar-refractivity contribution in [2.24, 2.45) is 5.92 Å². The number of carbonyl (C=O) groups excluding carboxylic acids is 2. The highest BCUT2D eigenvalue weighted by molar-refractivity contribution is 5.69. The van der Waals surface area contributed by atoms with E-state index < -0.39 is 0 Å². The van der Waals surface area contributed by atoms with Gasteiger partial charge < -0.3 is 14.4 Å². The molecule has 0 fully saturated rings. The highest BCUT2D eigenvalue weighted by Gasteiger charge is 2.15. The van der Waals surface area contributed by atoms with Gasteiger partial charge in [-0.15, -0.1) is 0 Å². The summed E-state index contributed by atoms with van der Waals surface area (Å²) in [5.41, 5.74) is 0. The molecule has 0 rings (SSSR count). The Morgan fingerprint density at radius 2 is 0.935 bits per heavy atom. The molecular weight excluding hydrogens is 570 g/mol. The Kier molecular flexibility index (Phi) is 34.4. The van der Waals surface area contributed by atoms with Crippen LogP contribution in [-0.4, -0.2) is 49.7 Å². The maximum atomic E-state index is 12.6. The molecule has 0 saturated heterocycles. The van der Waals surface area contributed by atoms with Crippen LogP contribution in [0.25, 0.3) is 0 Å². The maximum absolute atomic E-state index is 12.6. The predicted octanol–water partition coefficient (Wildman–Crippen LogP) is 12.4. The zero-order chi connectivity index (χ0) is 33.9. The highest BCUT2D eigenvalue weighted by Crippen LogP contribution is 2.20. The SMILES string of the molecule is CCCCCCCCCCC(CCCCCCCCC(=O)OCC(CCCC)CCCCCC)OC(=O)CCCCN(C)CCC. The summed E-state index contributed by atoms with van der Waals surface area (Å²) in [6.45, 7) is 11.8. The van der Waals surface area contributed by atoms with Gasteiger partial charge in [-0.25, -0.2) is 0 Å². The fourth-order valence-corrected chi connectivity index (χ4v) is 6.45. The number of nitrogens with zero attached hydrogens (tertiary/aromatic N) is 1. The quantitative estimate of drug-likeness (QED) is 0.0498. The van der Waals surface area contributed by atoms with Crippen LogP contribution in [0.4, 0.5) is 0 Å². The Morgan fingerprint density at radius 3 is 1.52 bits per heavy atom. The van der Waals surface area contributed by atoms with Crippen molar-refractivity contribution in [1.82, 2.24) is 4.90 Å². The van der Waals surface area contributed by atoms with Crippen LogP contribution in [-0.2, 0) is 19.1 Å². The minimum absolute atomic E-state index is 0.00257. The Labute approximate surface area is 288 Å². The second-order valence-corrected chi connectivity index (χ2v) is 14.3. The maximum Gasteiger partial charge on any atom is 0.306 e. The van der Waals surface area contributed by atoms with Gasteiger partial charge in [-0.3, -0.25) is 9.59 Å². The van der Waals surface area contributed by atoms with Gasteiger partial charge in [-0.05, 0) is 90.3 Å². The van der Waals surface area contributed by atoms with Gasteiger partial charge in [0.15, 0.2) is 0 Å². The zero-order valence-corrected chi connectivity index (χ0v) is 31.9. The summed E-state index contributed by atoms with van der Waals surface area (Å²) in [5.74, 6) is 0.536. The molecule has 0 aliphatic heterocycles. The summed E-state index contributed by atoms with van der Waals surface area (Å²) in [5, 5.41) is 0. The van der Waals surface area contributed by atoms with Crippen molar-refractivity contribution < 1.29 is 19.1 Å². The first-order chi connectivity index (χ1) is 22.5. The van der Waals surface area contributed by atoms with Gasteiger partial charge in [-0.1, -0.05) is 137 Å². The number of hydrogen-bond acceptors (Lipinski definition) is 5. The van der Waals surface area contributed by atoms with Gasteiger partial charge in [0.05, 0.1) is 6.61 Å². The van der Waals surface area contributed by atoms with Gasteiger partial charge in [-0.2, -0.15) is 0 Å². The third-order valence-electron chi connectivity index (χ3n) is 9.52. The summed E-state index contributed by atoms with van der Waals surface area (Å²) < 4.78 is 11.7. The van der Waals surface area contributed by atoms with E-state index in [1.165, 1.54) is 128 Å². The monoisotopic (exact) mass is 652 g/mol. The normalized spacial score (nSPS) is 12.8. The molecule has 0 spiro atoms. The molecule has 274 valence electrons. The molecule has 0 bridgehead atoms. The van der Waals surface area contributed by atoms with Gasteiger partial charge in [0.1, 0.15) is 6.10 Å². The highest BCUT2D eigenvalue weighted by atomic mass is 16.5. The Bertz CT molecular complexity index is 654. The average Bonchev–Trinajstić information content (AvgIpc) is 3.04. The lowest BCUT2D eigenvalue weighted by atomic mass is 9.96. The van der Waals surface area contributed by atoms with E-state index in [0.29, 0.717) is 25.4 Å². The summed E-state index contributed by atoms with van der Waals surface area (Å²) in [7, 11) is 2.16. The molecule has 0 aromatic heterocycles. The van der Waals surface area contributed by atoms with Crippen molar-refractivity contribution in [3.05, 3.63) is 0 Å². The van der Waals surface area contributed by atoms with Crippen LogP contribution >= 0.6 is 0 Å². The number of carbonyl (C=O) groups is 2. The van der Waals surface area contributed by atoms with E-state index in [1.807, 2.05) is 0 Å². The van der Waals surface area contributed by atoms with E-state index in [0.717, 1.165) is 58.0 Å². The third-order valence-corrected chi connectivity index (χ3v) is 9.52. The summed E-state index contributed by atoms with van der Waals surface area (Å²) >= 11 is 0. The molecule has 5 heteroatoms. The third kappa shape index (κ3) is 31.5. The molecule has 0 aliphatic rings. The first kappa shape index (κ1) is 44.9. The van der Waals surface area contributed by atoms with Crippen LogP contribution in [0.15, 0.2) is 0 Å². The second-order valence-electron chi connectivity index (χ2n) is 14.3. The van der Waals surface area contributed by atoms with E-state index in [-0.39, 0.29) is 18.0 Å². The lowest BCUT2D eigenvalue weighted by molar-refractivity contribution is -0.150. The van der Waals surface area contributed by atoms with Crippen molar-refractivity contribution in [2.75, 3.05) is 26.7 Å². The number of esters is 2. The predicted molar refractivity (Wildman–Crippen MR) is 198 cm³/mol. The molecule has 0 aliphatic carbocycles. The van der Waals surface area contributed by atoms with Crippen LogP contribution in [0.3, 0.4) is 0 Å². The summed E-state index contributed by atoms with van der Waals surface area (Å²) in [4.78, 5) is 27.4. The molecular formula is C41H81NO4. The molecule has 0 heterocycles. The molecule has 46 heavy (non-hydrogen) atoms. The Hall–Kier alpha value is -1.10. The fraction of sp³-hybridized carbons (Fsp3) is 0.951. The van der Waals surface area contributed by atoms with Crippen molar-refractivity contribution in [3.8, 4) is 0 Å². The summed E-state index contributed by atoms with van der Waals surface area (Å²) in [6.07, 6.45) is 33.5. The Balaban J connectivity index is 4.24. The number of unbranched alkanes of at least 4 members (excludes halogenated alkanes) is 17. The zero-order valence-electron chi connectivity index (χ0n) is 31.9. The largest absolute Gasteiger partial charge is 0.465 e. The lowest BCUT2D eigenvalue weighted by Crippen LogP contribution is -2.21. The molecule has 0 radical (unpaired) electrons.